The number of hydrogen-bond donors (Lipinski definition) is 1. The SMILES string of the molecule is COc1ccc([C@H]2Nc3ccccc3C(=O)N2c2ccc(Cl)cc2)c(OC)c1. The van der Waals surface area contributed by atoms with Crippen LogP contribution in [0.15, 0.2) is 66.7 Å². The Morgan fingerprint density at radius 2 is 1.71 bits per heavy atom. The Morgan fingerprint density at radius 1 is 0.964 bits per heavy atom. The van der Waals surface area contributed by atoms with Crippen LogP contribution >= 0.6 is 11.6 Å². The quantitative estimate of drug-likeness (QED) is 0.666. The van der Waals surface area contributed by atoms with Gasteiger partial charge in [0.2, 0.25) is 0 Å². The van der Waals surface area contributed by atoms with E-state index < -0.39 is 6.17 Å². The number of nitrogens with zero attached hydrogens (tertiary/aromatic N) is 1. The predicted molar refractivity (Wildman–Crippen MR) is 111 cm³/mol. The zero-order valence-electron chi connectivity index (χ0n) is 15.5. The summed E-state index contributed by atoms with van der Waals surface area (Å²) in [5.74, 6) is 1.21. The summed E-state index contributed by atoms with van der Waals surface area (Å²) in [5, 5.41) is 4.08. The number of amides is 1. The fraction of sp³-hybridized carbons (Fsp3) is 0.136. The van der Waals surface area contributed by atoms with E-state index in [2.05, 4.69) is 5.32 Å². The zero-order valence-corrected chi connectivity index (χ0v) is 16.2. The van der Waals surface area contributed by atoms with Gasteiger partial charge in [0.25, 0.3) is 5.91 Å². The lowest BCUT2D eigenvalue weighted by Gasteiger charge is -2.38. The summed E-state index contributed by atoms with van der Waals surface area (Å²) in [7, 11) is 3.20. The van der Waals surface area contributed by atoms with E-state index in [-0.39, 0.29) is 5.91 Å². The molecule has 1 aliphatic rings. The van der Waals surface area contributed by atoms with Gasteiger partial charge < -0.3 is 14.8 Å². The summed E-state index contributed by atoms with van der Waals surface area (Å²) in [4.78, 5) is 15.1. The summed E-state index contributed by atoms with van der Waals surface area (Å²) >= 11 is 6.05. The van der Waals surface area contributed by atoms with Gasteiger partial charge in [0.1, 0.15) is 17.7 Å². The molecule has 1 amide bonds. The van der Waals surface area contributed by atoms with Crippen molar-refractivity contribution in [3.8, 4) is 11.5 Å². The first kappa shape index (κ1) is 18.2. The van der Waals surface area contributed by atoms with Crippen LogP contribution < -0.4 is 19.7 Å². The van der Waals surface area contributed by atoms with Gasteiger partial charge in [-0.25, -0.2) is 0 Å². The third kappa shape index (κ3) is 3.14. The predicted octanol–water partition coefficient (Wildman–Crippen LogP) is 5.13. The maximum Gasteiger partial charge on any atom is 0.262 e. The first-order chi connectivity index (χ1) is 13.6. The van der Waals surface area contributed by atoms with E-state index >= 15 is 0 Å². The van der Waals surface area contributed by atoms with Crippen molar-refractivity contribution in [1.82, 2.24) is 0 Å². The standard InChI is InChI=1S/C22H19ClN2O3/c1-27-16-11-12-18(20(13-16)28-2)21-24-19-6-4-3-5-17(19)22(26)25(21)15-9-7-14(23)8-10-15/h3-13,21,24H,1-2H3/t21-/m0/s1. The molecule has 0 saturated carbocycles. The number of carbonyl (C=O) groups is 1. The zero-order chi connectivity index (χ0) is 19.7. The van der Waals surface area contributed by atoms with Crippen molar-refractivity contribution in [2.45, 2.75) is 6.17 Å². The molecule has 3 aromatic rings. The first-order valence-corrected chi connectivity index (χ1v) is 9.17. The van der Waals surface area contributed by atoms with Crippen molar-refractivity contribution in [2.24, 2.45) is 0 Å². The summed E-state index contributed by atoms with van der Waals surface area (Å²) in [5.41, 5.74) is 2.95. The number of anilines is 2. The van der Waals surface area contributed by atoms with E-state index in [0.29, 0.717) is 22.1 Å². The second-order valence-corrected chi connectivity index (χ2v) is 6.79. The number of rotatable bonds is 4. The molecule has 0 spiro atoms. The molecule has 1 atom stereocenters. The molecule has 1 heterocycles. The lowest BCUT2D eigenvalue weighted by molar-refractivity contribution is 0.0974. The minimum absolute atomic E-state index is 0.0976. The third-order valence-corrected chi connectivity index (χ3v) is 5.02. The van der Waals surface area contributed by atoms with Crippen LogP contribution in [0.3, 0.4) is 0 Å². The van der Waals surface area contributed by atoms with Crippen LogP contribution in [-0.2, 0) is 0 Å². The molecule has 4 rings (SSSR count). The van der Waals surface area contributed by atoms with Gasteiger partial charge in [0.15, 0.2) is 0 Å². The second-order valence-electron chi connectivity index (χ2n) is 6.35. The normalized spacial score (nSPS) is 15.6. The van der Waals surface area contributed by atoms with Crippen molar-refractivity contribution in [2.75, 3.05) is 24.4 Å². The van der Waals surface area contributed by atoms with Gasteiger partial charge in [0.05, 0.1) is 19.8 Å². The minimum atomic E-state index is -0.454. The van der Waals surface area contributed by atoms with E-state index in [1.165, 1.54) is 0 Å². The molecule has 1 N–H and O–H groups in total. The van der Waals surface area contributed by atoms with Gasteiger partial charge >= 0.3 is 0 Å². The highest BCUT2D eigenvalue weighted by atomic mass is 35.5. The Bertz CT molecular complexity index is 1020. The van der Waals surface area contributed by atoms with Crippen LogP contribution in [0, 0.1) is 0 Å². The smallest absolute Gasteiger partial charge is 0.262 e. The first-order valence-electron chi connectivity index (χ1n) is 8.79. The van der Waals surface area contributed by atoms with Crippen molar-refractivity contribution in [3.63, 3.8) is 0 Å². The van der Waals surface area contributed by atoms with Gasteiger partial charge in [-0.3, -0.25) is 9.69 Å². The van der Waals surface area contributed by atoms with Gasteiger partial charge in [-0.05, 0) is 48.5 Å². The Balaban J connectivity index is 1.88. The largest absolute Gasteiger partial charge is 0.497 e. The number of fused-ring (bicyclic) bond motifs is 1. The molecule has 6 heteroatoms. The number of nitrogens with one attached hydrogen (secondary N) is 1. The molecule has 142 valence electrons. The Kier molecular flexibility index (Phi) is 4.84. The molecule has 0 aliphatic carbocycles. The number of methoxy groups -OCH3 is 2. The van der Waals surface area contributed by atoms with Crippen LogP contribution in [0.4, 0.5) is 11.4 Å². The Morgan fingerprint density at radius 3 is 2.43 bits per heavy atom. The van der Waals surface area contributed by atoms with Crippen molar-refractivity contribution < 1.29 is 14.3 Å². The van der Waals surface area contributed by atoms with E-state index in [1.54, 1.807) is 31.3 Å². The van der Waals surface area contributed by atoms with E-state index in [1.807, 2.05) is 54.6 Å². The lowest BCUT2D eigenvalue weighted by atomic mass is 10.0. The topological polar surface area (TPSA) is 50.8 Å². The average molecular weight is 395 g/mol. The van der Waals surface area contributed by atoms with Gasteiger partial charge in [0, 0.05) is 28.0 Å². The van der Waals surface area contributed by atoms with Crippen molar-refractivity contribution in [3.05, 3.63) is 82.9 Å². The fourth-order valence-corrected chi connectivity index (χ4v) is 3.51. The minimum Gasteiger partial charge on any atom is -0.497 e. The molecule has 3 aromatic carbocycles. The van der Waals surface area contributed by atoms with Crippen LogP contribution in [0.25, 0.3) is 0 Å². The highest BCUT2D eigenvalue weighted by Crippen LogP contribution is 2.40. The van der Waals surface area contributed by atoms with E-state index in [9.17, 15) is 4.79 Å². The Hall–Kier alpha value is -3.18. The molecule has 0 unspecified atom stereocenters. The second kappa shape index (κ2) is 7.44. The van der Waals surface area contributed by atoms with E-state index in [4.69, 9.17) is 21.1 Å². The molecule has 1 aliphatic heterocycles. The average Bonchev–Trinajstić information content (AvgIpc) is 2.74. The van der Waals surface area contributed by atoms with Gasteiger partial charge in [-0.15, -0.1) is 0 Å². The van der Waals surface area contributed by atoms with Gasteiger partial charge in [-0.2, -0.15) is 0 Å². The third-order valence-electron chi connectivity index (χ3n) is 4.77. The maximum atomic E-state index is 13.4. The lowest BCUT2D eigenvalue weighted by Crippen LogP contribution is -2.43. The van der Waals surface area contributed by atoms with Crippen LogP contribution in [0.5, 0.6) is 11.5 Å². The maximum absolute atomic E-state index is 13.4. The molecule has 0 aromatic heterocycles. The summed E-state index contributed by atoms with van der Waals surface area (Å²) < 4.78 is 10.9. The van der Waals surface area contributed by atoms with Crippen LogP contribution in [-0.4, -0.2) is 20.1 Å². The molecule has 28 heavy (non-hydrogen) atoms. The summed E-state index contributed by atoms with van der Waals surface area (Å²) in [6, 6.07) is 20.2. The molecule has 0 saturated heterocycles. The molecule has 0 fully saturated rings. The van der Waals surface area contributed by atoms with Crippen LogP contribution in [0.1, 0.15) is 22.1 Å². The van der Waals surface area contributed by atoms with E-state index in [0.717, 1.165) is 16.9 Å². The number of para-hydroxylation sites is 1. The molecule has 5 nitrogen and oxygen atoms in total. The Labute approximate surface area is 168 Å². The highest BCUT2D eigenvalue weighted by Gasteiger charge is 2.35. The number of carbonyl (C=O) groups excluding carboxylic acids is 1. The summed E-state index contributed by atoms with van der Waals surface area (Å²) in [6.07, 6.45) is -0.454. The summed E-state index contributed by atoms with van der Waals surface area (Å²) in [6.45, 7) is 0. The van der Waals surface area contributed by atoms with Gasteiger partial charge in [-0.1, -0.05) is 23.7 Å². The highest BCUT2D eigenvalue weighted by molar-refractivity contribution is 6.30. The van der Waals surface area contributed by atoms with Crippen molar-refractivity contribution in [1.29, 1.82) is 0 Å². The molecular formula is C22H19ClN2O3. The number of ether oxygens (including phenoxy) is 2. The number of hydrogen-bond acceptors (Lipinski definition) is 4. The van der Waals surface area contributed by atoms with Crippen LogP contribution in [0.2, 0.25) is 5.02 Å². The molecule has 0 radical (unpaired) electrons. The monoisotopic (exact) mass is 394 g/mol. The van der Waals surface area contributed by atoms with Crippen molar-refractivity contribution >= 4 is 28.9 Å². The number of benzene rings is 3. The number of halogens is 1. The fourth-order valence-electron chi connectivity index (χ4n) is 3.38. The molecule has 0 bridgehead atoms. The molecular weight excluding hydrogens is 376 g/mol.